The minimum absolute atomic E-state index is 0.129. The molecule has 1 N–H and O–H groups in total. The first kappa shape index (κ1) is 16.5. The van der Waals surface area contributed by atoms with E-state index in [-0.39, 0.29) is 12.5 Å². The molecule has 0 aliphatic carbocycles. The van der Waals surface area contributed by atoms with Gasteiger partial charge in [-0.3, -0.25) is 9.69 Å². The van der Waals surface area contributed by atoms with Crippen LogP contribution in [0, 0.1) is 5.92 Å². The van der Waals surface area contributed by atoms with E-state index in [9.17, 15) is 9.90 Å². The van der Waals surface area contributed by atoms with Crippen LogP contribution in [0.4, 0.5) is 0 Å². The first-order valence-corrected chi connectivity index (χ1v) is 8.20. The molecule has 1 unspecified atom stereocenters. The van der Waals surface area contributed by atoms with Crippen LogP contribution in [-0.4, -0.2) is 54.1 Å². The van der Waals surface area contributed by atoms with Crippen molar-refractivity contribution in [2.45, 2.75) is 19.4 Å². The fourth-order valence-corrected chi connectivity index (χ4v) is 3.14. The van der Waals surface area contributed by atoms with Crippen molar-refractivity contribution < 1.29 is 9.90 Å². The Kier molecular flexibility index (Phi) is 6.21. The van der Waals surface area contributed by atoms with Crippen LogP contribution in [-0.2, 0) is 11.3 Å². The van der Waals surface area contributed by atoms with Gasteiger partial charge in [0.15, 0.2) is 0 Å². The maximum absolute atomic E-state index is 12.3. The first-order chi connectivity index (χ1) is 10.1. The first-order valence-electron chi connectivity index (χ1n) is 7.40. The minimum atomic E-state index is 0.129. The van der Waals surface area contributed by atoms with Gasteiger partial charge < -0.3 is 10.0 Å². The highest BCUT2D eigenvalue weighted by Gasteiger charge is 2.22. The summed E-state index contributed by atoms with van der Waals surface area (Å²) in [6.45, 7) is 3.04. The lowest BCUT2D eigenvalue weighted by Gasteiger charge is -2.32. The van der Waals surface area contributed by atoms with Crippen molar-refractivity contribution in [3.05, 3.63) is 34.3 Å². The lowest BCUT2D eigenvalue weighted by Crippen LogP contribution is -2.43. The van der Waals surface area contributed by atoms with Gasteiger partial charge in [0, 0.05) is 31.2 Å². The summed E-state index contributed by atoms with van der Waals surface area (Å²) in [6.07, 6.45) is 2.13. The molecule has 1 aliphatic rings. The van der Waals surface area contributed by atoms with Gasteiger partial charge in [-0.25, -0.2) is 0 Å². The van der Waals surface area contributed by atoms with Crippen molar-refractivity contribution in [1.82, 2.24) is 9.80 Å². The molecule has 1 fully saturated rings. The van der Waals surface area contributed by atoms with Crippen LogP contribution in [0.15, 0.2) is 28.7 Å². The Hall–Kier alpha value is -0.910. The summed E-state index contributed by atoms with van der Waals surface area (Å²) in [7, 11) is 1.84. The van der Waals surface area contributed by atoms with E-state index in [2.05, 4.69) is 20.8 Å². The summed E-state index contributed by atoms with van der Waals surface area (Å²) >= 11 is 3.51. The van der Waals surface area contributed by atoms with Gasteiger partial charge in [0.05, 0.1) is 6.54 Å². The van der Waals surface area contributed by atoms with Crippen molar-refractivity contribution in [1.29, 1.82) is 0 Å². The van der Waals surface area contributed by atoms with Crippen LogP contribution in [0.2, 0.25) is 0 Å². The number of likely N-dealkylation sites (tertiary alicyclic amines) is 1. The predicted molar refractivity (Wildman–Crippen MR) is 86.9 cm³/mol. The summed E-state index contributed by atoms with van der Waals surface area (Å²) in [5.41, 5.74) is 1.11. The standard InChI is InChI=1S/C16H23BrN2O2/c1-18(10-14-6-2-3-7-15(14)17)16(21)11-19-8-4-5-13(9-19)12-20/h2-3,6-7,13,20H,4-5,8-12H2,1H3. The highest BCUT2D eigenvalue weighted by molar-refractivity contribution is 9.10. The van der Waals surface area contributed by atoms with Gasteiger partial charge in [0.1, 0.15) is 0 Å². The number of hydrogen-bond acceptors (Lipinski definition) is 3. The maximum atomic E-state index is 12.3. The van der Waals surface area contributed by atoms with Crippen LogP contribution in [0.5, 0.6) is 0 Å². The van der Waals surface area contributed by atoms with E-state index in [0.29, 0.717) is 19.0 Å². The minimum Gasteiger partial charge on any atom is -0.396 e. The summed E-state index contributed by atoms with van der Waals surface area (Å²) < 4.78 is 1.03. The Morgan fingerprint density at radius 1 is 1.48 bits per heavy atom. The summed E-state index contributed by atoms with van der Waals surface area (Å²) in [4.78, 5) is 16.3. The number of aliphatic hydroxyl groups excluding tert-OH is 1. The van der Waals surface area contributed by atoms with E-state index < -0.39 is 0 Å². The summed E-state index contributed by atoms with van der Waals surface area (Å²) in [6, 6.07) is 7.97. The highest BCUT2D eigenvalue weighted by atomic mass is 79.9. The average molecular weight is 355 g/mol. The van der Waals surface area contributed by atoms with Gasteiger partial charge in [-0.15, -0.1) is 0 Å². The number of nitrogens with zero attached hydrogens (tertiary/aromatic N) is 2. The zero-order valence-corrected chi connectivity index (χ0v) is 14.1. The van der Waals surface area contributed by atoms with Crippen molar-refractivity contribution in [2.24, 2.45) is 5.92 Å². The summed E-state index contributed by atoms with van der Waals surface area (Å²) in [5, 5.41) is 9.25. The van der Waals surface area contributed by atoms with Crippen LogP contribution >= 0.6 is 15.9 Å². The second-order valence-electron chi connectivity index (χ2n) is 5.77. The van der Waals surface area contributed by atoms with Crippen molar-refractivity contribution >= 4 is 21.8 Å². The topological polar surface area (TPSA) is 43.8 Å². The van der Waals surface area contributed by atoms with Crippen molar-refractivity contribution in [3.63, 3.8) is 0 Å². The Balaban J connectivity index is 1.86. The third kappa shape index (κ3) is 4.80. The van der Waals surface area contributed by atoms with E-state index in [1.165, 1.54) is 0 Å². The monoisotopic (exact) mass is 354 g/mol. The molecule has 0 aromatic heterocycles. The van der Waals surface area contributed by atoms with Gasteiger partial charge >= 0.3 is 0 Å². The molecule has 1 aromatic carbocycles. The molecule has 5 heteroatoms. The average Bonchev–Trinajstić information content (AvgIpc) is 2.49. The number of likely N-dealkylation sites (N-methyl/N-ethyl adjacent to an activating group) is 1. The fourth-order valence-electron chi connectivity index (χ4n) is 2.73. The molecule has 4 nitrogen and oxygen atoms in total. The van der Waals surface area contributed by atoms with Gasteiger partial charge in [-0.1, -0.05) is 34.1 Å². The molecule has 2 rings (SSSR count). The molecule has 0 spiro atoms. The number of carbonyl (C=O) groups is 1. The zero-order chi connectivity index (χ0) is 15.2. The Morgan fingerprint density at radius 2 is 2.24 bits per heavy atom. The number of amides is 1. The van der Waals surface area contributed by atoms with E-state index in [4.69, 9.17) is 0 Å². The number of hydrogen-bond donors (Lipinski definition) is 1. The van der Waals surface area contributed by atoms with Crippen LogP contribution in [0.25, 0.3) is 0 Å². The number of halogens is 1. The largest absolute Gasteiger partial charge is 0.396 e. The number of aliphatic hydroxyl groups is 1. The lowest BCUT2D eigenvalue weighted by atomic mass is 9.99. The van der Waals surface area contributed by atoms with Crippen molar-refractivity contribution in [3.8, 4) is 0 Å². The molecule has 1 saturated heterocycles. The number of benzene rings is 1. The van der Waals surface area contributed by atoms with E-state index >= 15 is 0 Å². The summed E-state index contributed by atoms with van der Waals surface area (Å²) in [5.74, 6) is 0.449. The Morgan fingerprint density at radius 3 is 2.95 bits per heavy atom. The highest BCUT2D eigenvalue weighted by Crippen LogP contribution is 2.18. The normalized spacial score (nSPS) is 19.5. The Labute approximate surface area is 134 Å². The second kappa shape index (κ2) is 7.92. The van der Waals surface area contributed by atoms with Crippen LogP contribution < -0.4 is 0 Å². The van der Waals surface area contributed by atoms with Gasteiger partial charge in [0.25, 0.3) is 0 Å². The SMILES string of the molecule is CN(Cc1ccccc1Br)C(=O)CN1CCCC(CO)C1. The lowest BCUT2D eigenvalue weighted by molar-refractivity contribution is -0.132. The van der Waals surface area contributed by atoms with Gasteiger partial charge in [-0.2, -0.15) is 0 Å². The smallest absolute Gasteiger partial charge is 0.236 e. The molecule has 1 amide bonds. The third-order valence-electron chi connectivity index (χ3n) is 4.01. The molecule has 1 aliphatic heterocycles. The number of piperidine rings is 1. The van der Waals surface area contributed by atoms with Crippen LogP contribution in [0.3, 0.4) is 0 Å². The third-order valence-corrected chi connectivity index (χ3v) is 4.78. The Bertz CT molecular complexity index is 481. The molecule has 21 heavy (non-hydrogen) atoms. The molecule has 1 heterocycles. The molecule has 0 bridgehead atoms. The predicted octanol–water partition coefficient (Wildman–Crippen LogP) is 2.11. The molecule has 116 valence electrons. The van der Waals surface area contributed by atoms with E-state index in [0.717, 1.165) is 36.0 Å². The van der Waals surface area contributed by atoms with Crippen molar-refractivity contribution in [2.75, 3.05) is 33.3 Å². The van der Waals surface area contributed by atoms with Crippen LogP contribution in [0.1, 0.15) is 18.4 Å². The number of carbonyl (C=O) groups excluding carboxylic acids is 1. The molecule has 1 atom stereocenters. The van der Waals surface area contributed by atoms with Gasteiger partial charge in [-0.05, 0) is 36.9 Å². The fraction of sp³-hybridized carbons (Fsp3) is 0.562. The maximum Gasteiger partial charge on any atom is 0.236 e. The quantitative estimate of drug-likeness (QED) is 0.880. The van der Waals surface area contributed by atoms with Gasteiger partial charge in [0.2, 0.25) is 5.91 Å². The second-order valence-corrected chi connectivity index (χ2v) is 6.62. The van der Waals surface area contributed by atoms with E-state index in [1.807, 2.05) is 31.3 Å². The van der Waals surface area contributed by atoms with E-state index in [1.54, 1.807) is 4.90 Å². The number of rotatable bonds is 5. The molecular weight excluding hydrogens is 332 g/mol. The molecule has 1 aromatic rings. The molecule has 0 radical (unpaired) electrons. The zero-order valence-electron chi connectivity index (χ0n) is 12.5. The molecular formula is C16H23BrN2O2. The molecule has 0 saturated carbocycles.